The summed E-state index contributed by atoms with van der Waals surface area (Å²) in [5, 5.41) is 3.22. The van der Waals surface area contributed by atoms with Crippen LogP contribution in [0.1, 0.15) is 5.56 Å². The molecule has 25 heavy (non-hydrogen) atoms. The lowest BCUT2D eigenvalue weighted by molar-refractivity contribution is -0.137. The number of nitrogens with one attached hydrogen (secondary N) is 2. The van der Waals surface area contributed by atoms with Gasteiger partial charge in [-0.15, -0.1) is 0 Å². The molecular weight excluding hydrogens is 380 g/mol. The molecule has 2 aromatic carbocycles. The van der Waals surface area contributed by atoms with Gasteiger partial charge in [-0.25, -0.2) is 22.0 Å². The molecule has 134 valence electrons. The van der Waals surface area contributed by atoms with Crippen LogP contribution in [0.3, 0.4) is 0 Å². The first kappa shape index (κ1) is 18.9. The van der Waals surface area contributed by atoms with Gasteiger partial charge in [0.1, 0.15) is 5.69 Å². The molecule has 0 spiro atoms. The third-order valence-electron chi connectivity index (χ3n) is 2.90. The molecule has 0 saturated carbocycles. The number of alkyl halides is 3. The fourth-order valence-corrected chi connectivity index (χ4v) is 1.98. The number of hydrogen-bond acceptors (Lipinski definition) is 1. The normalized spacial score (nSPS) is 11.4. The lowest BCUT2D eigenvalue weighted by atomic mass is 10.2. The van der Waals surface area contributed by atoms with Crippen LogP contribution in [0, 0.1) is 29.1 Å². The first-order valence-corrected chi connectivity index (χ1v) is 6.70. The van der Waals surface area contributed by atoms with E-state index in [1.54, 1.807) is 5.32 Å². The van der Waals surface area contributed by atoms with E-state index < -0.39 is 51.6 Å². The molecule has 0 bridgehead atoms. The molecule has 0 unspecified atom stereocenters. The standard InChI is InChI=1S/C14H6F8N2S/c15-7-8(16)10(18)12(11(19)9(7)17)24-13(25)23-6-3-1-2-5(4-6)14(20,21)22/h1-4H,(H2,23,24,25). The maximum absolute atomic E-state index is 13.5. The molecule has 2 N–H and O–H groups in total. The van der Waals surface area contributed by atoms with E-state index in [1.165, 1.54) is 0 Å². The molecule has 2 rings (SSSR count). The number of anilines is 2. The summed E-state index contributed by atoms with van der Waals surface area (Å²) in [5.41, 5.74) is -2.67. The average molecular weight is 386 g/mol. The van der Waals surface area contributed by atoms with Crippen molar-refractivity contribution in [2.45, 2.75) is 6.18 Å². The second-order valence-corrected chi connectivity index (χ2v) is 5.01. The first-order chi connectivity index (χ1) is 11.5. The van der Waals surface area contributed by atoms with Gasteiger partial charge in [0.2, 0.25) is 5.82 Å². The van der Waals surface area contributed by atoms with Gasteiger partial charge in [-0.05, 0) is 30.4 Å². The summed E-state index contributed by atoms with van der Waals surface area (Å²) in [5.74, 6) is -11.1. The zero-order chi connectivity index (χ0) is 18.9. The summed E-state index contributed by atoms with van der Waals surface area (Å²) in [6.45, 7) is 0. The lowest BCUT2D eigenvalue weighted by Gasteiger charge is -2.14. The number of thiocarbonyl (C=S) groups is 1. The van der Waals surface area contributed by atoms with Crippen LogP contribution in [0.25, 0.3) is 0 Å². The highest BCUT2D eigenvalue weighted by Crippen LogP contribution is 2.31. The van der Waals surface area contributed by atoms with Crippen LogP contribution >= 0.6 is 12.2 Å². The Morgan fingerprint density at radius 1 is 0.800 bits per heavy atom. The molecule has 0 heterocycles. The number of rotatable bonds is 2. The van der Waals surface area contributed by atoms with Crippen molar-refractivity contribution in [1.82, 2.24) is 0 Å². The van der Waals surface area contributed by atoms with Gasteiger partial charge in [0, 0.05) is 5.69 Å². The third kappa shape index (κ3) is 3.98. The van der Waals surface area contributed by atoms with Crippen LogP contribution in [0.5, 0.6) is 0 Å². The van der Waals surface area contributed by atoms with Crippen LogP contribution < -0.4 is 10.6 Å². The molecule has 0 aromatic heterocycles. The zero-order valence-corrected chi connectivity index (χ0v) is 12.6. The quantitative estimate of drug-likeness (QED) is 0.321. The van der Waals surface area contributed by atoms with Gasteiger partial charge in [-0.2, -0.15) is 13.2 Å². The predicted octanol–water partition coefficient (Wildman–Crippen LogP) is 5.21. The lowest BCUT2D eigenvalue weighted by Crippen LogP contribution is -2.22. The molecule has 0 aliphatic rings. The third-order valence-corrected chi connectivity index (χ3v) is 3.10. The SMILES string of the molecule is Fc1c(F)c(F)c(NC(=S)Nc2cccc(C(F)(F)F)c2)c(F)c1F. The maximum atomic E-state index is 13.5. The van der Waals surface area contributed by atoms with Crippen LogP contribution in [-0.2, 0) is 6.18 Å². The summed E-state index contributed by atoms with van der Waals surface area (Å²) in [7, 11) is 0. The summed E-state index contributed by atoms with van der Waals surface area (Å²) in [4.78, 5) is 0. The molecule has 0 amide bonds. The Hall–Kier alpha value is -2.43. The van der Waals surface area contributed by atoms with Crippen LogP contribution in [-0.4, -0.2) is 5.11 Å². The van der Waals surface area contributed by atoms with Gasteiger partial charge in [-0.3, -0.25) is 0 Å². The number of benzene rings is 2. The Kier molecular flexibility index (Phi) is 5.16. The van der Waals surface area contributed by atoms with Gasteiger partial charge in [-0.1, -0.05) is 6.07 Å². The van der Waals surface area contributed by atoms with Crippen molar-refractivity contribution in [2.75, 3.05) is 10.6 Å². The minimum absolute atomic E-state index is 0.212. The smallest absolute Gasteiger partial charge is 0.332 e. The van der Waals surface area contributed by atoms with E-state index in [-0.39, 0.29) is 5.69 Å². The minimum Gasteiger partial charge on any atom is -0.332 e. The molecule has 11 heteroatoms. The van der Waals surface area contributed by atoms with E-state index in [2.05, 4.69) is 17.5 Å². The van der Waals surface area contributed by atoms with Crippen molar-refractivity contribution >= 4 is 28.7 Å². The highest BCUT2D eigenvalue weighted by molar-refractivity contribution is 7.80. The van der Waals surface area contributed by atoms with E-state index in [9.17, 15) is 35.1 Å². The minimum atomic E-state index is -4.64. The predicted molar refractivity (Wildman–Crippen MR) is 77.5 cm³/mol. The Balaban J connectivity index is 2.25. The molecule has 0 fully saturated rings. The van der Waals surface area contributed by atoms with Gasteiger partial charge < -0.3 is 10.6 Å². The highest BCUT2D eigenvalue weighted by atomic mass is 32.1. The molecule has 0 saturated heterocycles. The van der Waals surface area contributed by atoms with Crippen LogP contribution in [0.4, 0.5) is 46.5 Å². The fraction of sp³-hybridized carbons (Fsp3) is 0.0714. The highest BCUT2D eigenvalue weighted by Gasteiger charge is 2.30. The van der Waals surface area contributed by atoms with E-state index >= 15 is 0 Å². The molecule has 2 aromatic rings. The maximum Gasteiger partial charge on any atom is 0.416 e. The van der Waals surface area contributed by atoms with Crippen molar-refractivity contribution in [3.05, 3.63) is 58.9 Å². The van der Waals surface area contributed by atoms with Crippen molar-refractivity contribution in [1.29, 1.82) is 0 Å². The van der Waals surface area contributed by atoms with Crippen molar-refractivity contribution < 1.29 is 35.1 Å². The first-order valence-electron chi connectivity index (χ1n) is 6.29. The molecule has 0 atom stereocenters. The van der Waals surface area contributed by atoms with E-state index in [1.807, 2.05) is 0 Å². The van der Waals surface area contributed by atoms with Gasteiger partial charge in [0.25, 0.3) is 0 Å². The van der Waals surface area contributed by atoms with Crippen molar-refractivity contribution in [2.24, 2.45) is 0 Å². The largest absolute Gasteiger partial charge is 0.416 e. The number of hydrogen-bond donors (Lipinski definition) is 2. The topological polar surface area (TPSA) is 24.1 Å². The van der Waals surface area contributed by atoms with Gasteiger partial charge in [0.05, 0.1) is 5.56 Å². The zero-order valence-electron chi connectivity index (χ0n) is 11.7. The Morgan fingerprint density at radius 3 is 1.84 bits per heavy atom. The summed E-state index contributed by atoms with van der Waals surface area (Å²) in [6, 6.07) is 3.60. The summed E-state index contributed by atoms with van der Waals surface area (Å²) < 4.78 is 104. The fourth-order valence-electron chi connectivity index (χ4n) is 1.76. The van der Waals surface area contributed by atoms with Crippen LogP contribution in [0.15, 0.2) is 24.3 Å². The number of halogens is 8. The molecule has 2 nitrogen and oxygen atoms in total. The molecule has 0 radical (unpaired) electrons. The van der Waals surface area contributed by atoms with E-state index in [4.69, 9.17) is 0 Å². The summed E-state index contributed by atoms with van der Waals surface area (Å²) in [6.07, 6.45) is -4.64. The average Bonchev–Trinajstić information content (AvgIpc) is 2.54. The van der Waals surface area contributed by atoms with Crippen molar-refractivity contribution in [3.63, 3.8) is 0 Å². The molecule has 0 aliphatic heterocycles. The monoisotopic (exact) mass is 386 g/mol. The van der Waals surface area contributed by atoms with Gasteiger partial charge in [0.15, 0.2) is 28.4 Å². The Bertz CT molecular complexity index is 805. The van der Waals surface area contributed by atoms with Crippen molar-refractivity contribution in [3.8, 4) is 0 Å². The second kappa shape index (κ2) is 6.82. The molecular formula is C14H6F8N2S. The van der Waals surface area contributed by atoms with E-state index in [0.717, 1.165) is 18.2 Å². The second-order valence-electron chi connectivity index (χ2n) is 4.60. The molecule has 0 aliphatic carbocycles. The van der Waals surface area contributed by atoms with Gasteiger partial charge >= 0.3 is 6.18 Å². The Morgan fingerprint density at radius 2 is 1.32 bits per heavy atom. The Labute approximate surface area is 140 Å². The van der Waals surface area contributed by atoms with E-state index in [0.29, 0.717) is 6.07 Å². The van der Waals surface area contributed by atoms with Crippen LogP contribution in [0.2, 0.25) is 0 Å². The summed E-state index contributed by atoms with van der Waals surface area (Å²) >= 11 is 4.62.